The molecule has 3 aromatic carbocycles. The van der Waals surface area contributed by atoms with E-state index < -0.39 is 17.1 Å². The monoisotopic (exact) mass is 952 g/mol. The van der Waals surface area contributed by atoms with Crippen LogP contribution in [0.3, 0.4) is 0 Å². The predicted octanol–water partition coefficient (Wildman–Crippen LogP) is 5.20. The van der Waals surface area contributed by atoms with E-state index in [2.05, 4.69) is 26.6 Å². The standard InChI is InChI=1S/C49H56N6O10S2/c50-45-38(55-29-56)28-67-41(45)11-5-6-12-42(59)51-20-7-2-8-21-52-43(60)19-24-66-46(30-9-3-1-4-10-30)48(62)54-23-22-53-47(61)31-13-16-34(37(25-31)49(63)64)44-35-17-14-32(57)26-39(35)65-40-27-33(58)15-18-36(40)44/h1,3-4,9-10,13-18,25-27,29,38,41,45-46,57H,2,5-8,11-12,19-24,28,50H2,(H,51,59)(H,52,60)(H,53,61)(H,54,62)(H,55,56)(H,63,64)/t38-,41?,45-,46?/m0/s1. The summed E-state index contributed by atoms with van der Waals surface area (Å²) in [5.74, 6) is -0.908. The first kappa shape index (κ1) is 50.1. The Morgan fingerprint density at radius 1 is 0.806 bits per heavy atom. The molecule has 3 aliphatic rings. The number of fused-ring (bicyclic) bond motifs is 2. The van der Waals surface area contributed by atoms with E-state index in [1.807, 2.05) is 30.3 Å². The van der Waals surface area contributed by atoms with Crippen LogP contribution in [0.2, 0.25) is 0 Å². The number of phenols is 1. The molecule has 1 saturated heterocycles. The minimum Gasteiger partial charge on any atom is -0.508 e. The third kappa shape index (κ3) is 14.1. The number of unbranched alkanes of at least 4 members (excludes halogenated alkanes) is 3. The van der Waals surface area contributed by atoms with Crippen molar-refractivity contribution in [3.63, 3.8) is 0 Å². The summed E-state index contributed by atoms with van der Waals surface area (Å²) in [7, 11) is 0. The molecule has 2 unspecified atom stereocenters. The molecule has 1 aliphatic carbocycles. The fraction of sp³-hybridized carbons (Fsp3) is 0.367. The first-order valence-electron chi connectivity index (χ1n) is 22.3. The number of aromatic carboxylic acids is 1. The fourth-order valence-corrected chi connectivity index (χ4v) is 10.6. The molecule has 6 rings (SSSR count). The number of phenolic OH excluding ortho intramolecular Hbond substituents is 1. The molecule has 16 nitrogen and oxygen atoms in total. The van der Waals surface area contributed by atoms with Gasteiger partial charge in [0.05, 0.1) is 11.6 Å². The number of carbonyl (C=O) groups excluding carboxylic acids is 5. The summed E-state index contributed by atoms with van der Waals surface area (Å²) in [5, 5.41) is 34.8. The predicted molar refractivity (Wildman–Crippen MR) is 260 cm³/mol. The van der Waals surface area contributed by atoms with E-state index in [1.165, 1.54) is 54.2 Å². The number of carboxylic acids is 1. The topological polar surface area (TPSA) is 259 Å². The van der Waals surface area contributed by atoms with E-state index in [4.69, 9.17) is 10.2 Å². The number of aromatic hydroxyl groups is 1. The molecule has 0 radical (unpaired) electrons. The first-order valence-corrected chi connectivity index (χ1v) is 24.4. The third-order valence-corrected chi connectivity index (χ3v) is 14.2. The van der Waals surface area contributed by atoms with E-state index in [1.54, 1.807) is 23.9 Å². The summed E-state index contributed by atoms with van der Waals surface area (Å²) in [6.07, 6.45) is 6.39. The SMILES string of the molecule is N[C@@H]1C(CCCCC(=O)NCCCCCNC(=O)CCSC(C(=O)NCCNC(=O)c2ccc(-c3c4ccc(=O)cc-4oc4cc(O)ccc34)c(C(=O)O)c2)c2ccccc2)SC[C@@H]1NC=O. The minimum absolute atomic E-state index is 0.00744. The largest absolute Gasteiger partial charge is 0.508 e. The lowest BCUT2D eigenvalue weighted by molar-refractivity contribution is -0.121. The zero-order valence-corrected chi connectivity index (χ0v) is 38.6. The van der Waals surface area contributed by atoms with Gasteiger partial charge in [0.15, 0.2) is 5.43 Å². The Morgan fingerprint density at radius 3 is 2.28 bits per heavy atom. The first-order chi connectivity index (χ1) is 32.4. The van der Waals surface area contributed by atoms with E-state index in [0.29, 0.717) is 53.4 Å². The van der Waals surface area contributed by atoms with Gasteiger partial charge in [0.2, 0.25) is 24.1 Å². The number of nitrogens with one attached hydrogen (secondary N) is 5. The van der Waals surface area contributed by atoms with Crippen molar-refractivity contribution in [3.05, 3.63) is 112 Å². The molecule has 2 heterocycles. The molecule has 0 bridgehead atoms. The zero-order chi connectivity index (χ0) is 47.7. The highest BCUT2D eigenvalue weighted by Gasteiger charge is 2.33. The normalized spacial score (nSPS) is 16.0. The Bertz CT molecular complexity index is 2560. The highest BCUT2D eigenvalue weighted by Crippen LogP contribution is 2.42. The number of nitrogens with two attached hydrogens (primary N) is 1. The van der Waals surface area contributed by atoms with Crippen LogP contribution in [0.25, 0.3) is 33.4 Å². The van der Waals surface area contributed by atoms with Gasteiger partial charge in [-0.25, -0.2) is 4.79 Å². The lowest BCUT2D eigenvalue weighted by Crippen LogP contribution is -2.46. The van der Waals surface area contributed by atoms with Crippen molar-refractivity contribution in [2.75, 3.05) is 37.7 Å². The van der Waals surface area contributed by atoms with Gasteiger partial charge in [-0.1, -0.05) is 42.8 Å². The maximum absolute atomic E-state index is 13.5. The van der Waals surface area contributed by atoms with Crippen LogP contribution in [0, 0.1) is 0 Å². The number of carbonyl (C=O) groups is 6. The van der Waals surface area contributed by atoms with E-state index >= 15 is 0 Å². The minimum atomic E-state index is -1.29. The summed E-state index contributed by atoms with van der Waals surface area (Å²) >= 11 is 3.11. The van der Waals surface area contributed by atoms with Crippen molar-refractivity contribution in [3.8, 4) is 28.2 Å². The number of thioether (sulfide) groups is 2. The maximum Gasteiger partial charge on any atom is 0.336 e. The summed E-state index contributed by atoms with van der Waals surface area (Å²) in [4.78, 5) is 87.1. The van der Waals surface area contributed by atoms with Crippen molar-refractivity contribution in [2.24, 2.45) is 5.73 Å². The van der Waals surface area contributed by atoms with Crippen LogP contribution < -0.4 is 37.7 Å². The van der Waals surface area contributed by atoms with Crippen molar-refractivity contribution in [1.82, 2.24) is 26.6 Å². The highest BCUT2D eigenvalue weighted by atomic mass is 32.2. The molecular formula is C49H56N6O10S2. The number of hydrogen-bond donors (Lipinski definition) is 8. The van der Waals surface area contributed by atoms with E-state index in [9.17, 15) is 43.8 Å². The smallest absolute Gasteiger partial charge is 0.336 e. The van der Waals surface area contributed by atoms with E-state index in [-0.39, 0.29) is 88.5 Å². The Hall–Kier alpha value is -6.37. The van der Waals surface area contributed by atoms with Gasteiger partial charge in [0.25, 0.3) is 5.91 Å². The fourth-order valence-electron chi connectivity index (χ4n) is 7.93. The Kier molecular flexibility index (Phi) is 18.6. The van der Waals surface area contributed by atoms with Gasteiger partial charge >= 0.3 is 5.97 Å². The lowest BCUT2D eigenvalue weighted by Gasteiger charge is -2.18. The lowest BCUT2D eigenvalue weighted by atomic mass is 9.90. The quantitative estimate of drug-likeness (QED) is 0.0213. The molecule has 4 atom stereocenters. The van der Waals surface area contributed by atoms with E-state index in [0.717, 1.165) is 49.8 Å². The molecule has 0 saturated carbocycles. The van der Waals surface area contributed by atoms with Crippen LogP contribution in [0.4, 0.5) is 0 Å². The van der Waals surface area contributed by atoms with Crippen molar-refractivity contribution >= 4 is 70.5 Å². The number of rotatable bonds is 25. The summed E-state index contributed by atoms with van der Waals surface area (Å²) in [6.45, 7) is 1.21. The second kappa shape index (κ2) is 25.0. The molecular weight excluding hydrogens is 897 g/mol. The molecule has 0 spiro atoms. The van der Waals surface area contributed by atoms with Crippen LogP contribution in [-0.2, 0) is 19.2 Å². The van der Waals surface area contributed by atoms with Crippen LogP contribution in [0.1, 0.15) is 82.9 Å². The summed E-state index contributed by atoms with van der Waals surface area (Å²) < 4.78 is 5.89. The number of amides is 5. The average molecular weight is 953 g/mol. The van der Waals surface area contributed by atoms with Crippen molar-refractivity contribution < 1.29 is 43.4 Å². The number of hydrogen-bond acceptors (Lipinski definition) is 12. The summed E-state index contributed by atoms with van der Waals surface area (Å²) in [6, 6.07) is 22.0. The third-order valence-electron chi connectivity index (χ3n) is 11.4. The maximum atomic E-state index is 13.5. The molecule has 18 heteroatoms. The molecule has 9 N–H and O–H groups in total. The van der Waals surface area contributed by atoms with Crippen LogP contribution >= 0.6 is 23.5 Å². The molecule has 3 aromatic rings. The Balaban J connectivity index is 0.901. The van der Waals surface area contributed by atoms with Gasteiger partial charge in [-0.05, 0) is 79.6 Å². The van der Waals surface area contributed by atoms with Crippen LogP contribution in [0.5, 0.6) is 5.75 Å². The molecule has 354 valence electrons. The second-order valence-corrected chi connectivity index (χ2v) is 18.7. The number of benzene rings is 4. The average Bonchev–Trinajstić information content (AvgIpc) is 3.66. The van der Waals surface area contributed by atoms with Gasteiger partial charge in [-0.3, -0.25) is 28.8 Å². The Morgan fingerprint density at radius 2 is 1.54 bits per heavy atom. The zero-order valence-electron chi connectivity index (χ0n) is 36.9. The van der Waals surface area contributed by atoms with Gasteiger partial charge in [0.1, 0.15) is 22.3 Å². The van der Waals surface area contributed by atoms with Crippen LogP contribution in [0.15, 0.2) is 94.1 Å². The van der Waals surface area contributed by atoms with Crippen molar-refractivity contribution in [2.45, 2.75) is 74.0 Å². The second-order valence-electron chi connectivity index (χ2n) is 16.2. The molecule has 5 amide bonds. The summed E-state index contributed by atoms with van der Waals surface area (Å²) in [5.41, 5.74) is 8.03. The highest BCUT2D eigenvalue weighted by molar-refractivity contribution is 8.00. The van der Waals surface area contributed by atoms with Gasteiger partial charge < -0.3 is 46.9 Å². The number of carboxylic acid groups (broad SMARTS) is 1. The molecule has 67 heavy (non-hydrogen) atoms. The van der Waals surface area contributed by atoms with Gasteiger partial charge in [0, 0.05) is 96.0 Å². The molecule has 0 aromatic heterocycles. The molecule has 1 fully saturated rings. The van der Waals surface area contributed by atoms with Gasteiger partial charge in [-0.15, -0.1) is 11.8 Å². The Labute approximate surface area is 396 Å². The molecule has 2 aliphatic heterocycles. The van der Waals surface area contributed by atoms with Crippen molar-refractivity contribution in [1.29, 1.82) is 0 Å². The van der Waals surface area contributed by atoms with Gasteiger partial charge in [-0.2, -0.15) is 11.8 Å². The van der Waals surface area contributed by atoms with Crippen LogP contribution in [-0.4, -0.2) is 101 Å².